The van der Waals surface area contributed by atoms with Crippen molar-refractivity contribution in [3.63, 3.8) is 0 Å². The Morgan fingerprint density at radius 2 is 1.95 bits per heavy atom. The van der Waals surface area contributed by atoms with E-state index in [-0.39, 0.29) is 0 Å². The molecule has 108 valence electrons. The predicted molar refractivity (Wildman–Crippen MR) is 85.5 cm³/mol. The SMILES string of the molecule is CCCNc1nc(-c2nc(C)cs2)nc(C)c1C(C)C. The van der Waals surface area contributed by atoms with Crippen LogP contribution in [0.15, 0.2) is 5.38 Å². The molecular formula is C15H22N4S. The van der Waals surface area contributed by atoms with Gasteiger partial charge in [0.25, 0.3) is 0 Å². The van der Waals surface area contributed by atoms with Crippen molar-refractivity contribution < 1.29 is 0 Å². The minimum Gasteiger partial charge on any atom is -0.370 e. The number of hydrogen-bond acceptors (Lipinski definition) is 5. The van der Waals surface area contributed by atoms with Crippen molar-refractivity contribution in [2.24, 2.45) is 0 Å². The fourth-order valence-electron chi connectivity index (χ4n) is 2.20. The van der Waals surface area contributed by atoms with Crippen molar-refractivity contribution in [3.05, 3.63) is 22.3 Å². The highest BCUT2D eigenvalue weighted by Gasteiger charge is 2.16. The lowest BCUT2D eigenvalue weighted by Gasteiger charge is -2.16. The Bertz CT molecular complexity index is 590. The van der Waals surface area contributed by atoms with E-state index in [9.17, 15) is 0 Å². The largest absolute Gasteiger partial charge is 0.370 e. The Hall–Kier alpha value is -1.49. The second kappa shape index (κ2) is 6.31. The number of aryl methyl sites for hydroxylation is 2. The lowest BCUT2D eigenvalue weighted by atomic mass is 10.0. The molecule has 0 aliphatic carbocycles. The highest BCUT2D eigenvalue weighted by molar-refractivity contribution is 7.13. The quantitative estimate of drug-likeness (QED) is 0.898. The van der Waals surface area contributed by atoms with Crippen LogP contribution in [0.2, 0.25) is 0 Å². The molecule has 2 aromatic heterocycles. The van der Waals surface area contributed by atoms with Crippen LogP contribution in [-0.2, 0) is 0 Å². The normalized spacial score (nSPS) is 11.1. The van der Waals surface area contributed by atoms with E-state index in [0.717, 1.165) is 41.0 Å². The van der Waals surface area contributed by atoms with Gasteiger partial charge in [0.05, 0.1) is 0 Å². The molecule has 0 amide bonds. The van der Waals surface area contributed by atoms with Gasteiger partial charge in [-0.3, -0.25) is 0 Å². The minimum atomic E-state index is 0.404. The summed E-state index contributed by atoms with van der Waals surface area (Å²) in [4.78, 5) is 13.8. The van der Waals surface area contributed by atoms with Crippen molar-refractivity contribution in [3.8, 4) is 10.8 Å². The third-order valence-electron chi connectivity index (χ3n) is 3.07. The smallest absolute Gasteiger partial charge is 0.190 e. The molecule has 0 unspecified atom stereocenters. The van der Waals surface area contributed by atoms with Gasteiger partial charge in [0.1, 0.15) is 5.82 Å². The van der Waals surface area contributed by atoms with Gasteiger partial charge in [-0.1, -0.05) is 20.8 Å². The number of aromatic nitrogens is 3. The topological polar surface area (TPSA) is 50.7 Å². The van der Waals surface area contributed by atoms with Gasteiger partial charge in [-0.05, 0) is 26.2 Å². The van der Waals surface area contributed by atoms with Crippen LogP contribution >= 0.6 is 11.3 Å². The lowest BCUT2D eigenvalue weighted by molar-refractivity contribution is 0.826. The van der Waals surface area contributed by atoms with Gasteiger partial charge in [0, 0.05) is 28.9 Å². The standard InChI is InChI=1S/C15H22N4S/c1-6-7-16-13-12(9(2)3)11(5)18-14(19-13)15-17-10(4)8-20-15/h8-9H,6-7H2,1-5H3,(H,16,18,19). The zero-order valence-electron chi connectivity index (χ0n) is 12.8. The lowest BCUT2D eigenvalue weighted by Crippen LogP contribution is -2.10. The Labute approximate surface area is 124 Å². The minimum absolute atomic E-state index is 0.404. The van der Waals surface area contributed by atoms with Gasteiger partial charge < -0.3 is 5.32 Å². The Balaban J connectivity index is 2.48. The number of nitrogens with one attached hydrogen (secondary N) is 1. The summed E-state index contributed by atoms with van der Waals surface area (Å²) in [6, 6.07) is 0. The van der Waals surface area contributed by atoms with E-state index in [4.69, 9.17) is 4.98 Å². The molecule has 0 atom stereocenters. The molecule has 4 nitrogen and oxygen atoms in total. The summed E-state index contributed by atoms with van der Waals surface area (Å²) in [6.07, 6.45) is 1.08. The molecule has 20 heavy (non-hydrogen) atoms. The first-order valence-corrected chi connectivity index (χ1v) is 7.95. The van der Waals surface area contributed by atoms with Crippen LogP contribution in [0.4, 0.5) is 5.82 Å². The molecule has 2 heterocycles. The first kappa shape index (κ1) is 14.9. The molecule has 0 aliphatic rings. The molecule has 5 heteroatoms. The van der Waals surface area contributed by atoms with Crippen molar-refractivity contribution >= 4 is 17.2 Å². The molecule has 0 aliphatic heterocycles. The summed E-state index contributed by atoms with van der Waals surface area (Å²) in [6.45, 7) is 11.5. The number of rotatable bonds is 5. The van der Waals surface area contributed by atoms with Crippen LogP contribution < -0.4 is 5.32 Å². The molecular weight excluding hydrogens is 268 g/mol. The van der Waals surface area contributed by atoms with E-state index in [1.54, 1.807) is 11.3 Å². The fourth-order valence-corrected chi connectivity index (χ4v) is 2.93. The van der Waals surface area contributed by atoms with Gasteiger partial charge in [-0.15, -0.1) is 11.3 Å². The predicted octanol–water partition coefficient (Wildman–Crippen LogP) is 4.16. The summed E-state index contributed by atoms with van der Waals surface area (Å²) in [5, 5.41) is 6.35. The van der Waals surface area contributed by atoms with E-state index in [2.05, 4.69) is 43.0 Å². The van der Waals surface area contributed by atoms with Gasteiger partial charge >= 0.3 is 0 Å². The van der Waals surface area contributed by atoms with Crippen molar-refractivity contribution in [2.75, 3.05) is 11.9 Å². The number of hydrogen-bond donors (Lipinski definition) is 1. The fraction of sp³-hybridized carbons (Fsp3) is 0.533. The van der Waals surface area contributed by atoms with E-state index in [1.165, 1.54) is 5.56 Å². The zero-order chi connectivity index (χ0) is 14.7. The summed E-state index contributed by atoms with van der Waals surface area (Å²) < 4.78 is 0. The van der Waals surface area contributed by atoms with E-state index in [1.807, 2.05) is 12.3 Å². The third kappa shape index (κ3) is 3.15. The van der Waals surface area contributed by atoms with Crippen molar-refractivity contribution in [2.45, 2.75) is 47.0 Å². The Morgan fingerprint density at radius 1 is 1.20 bits per heavy atom. The average Bonchev–Trinajstić information content (AvgIpc) is 2.81. The maximum Gasteiger partial charge on any atom is 0.190 e. The number of thiazole rings is 1. The molecule has 1 N–H and O–H groups in total. The van der Waals surface area contributed by atoms with Crippen LogP contribution in [0.1, 0.15) is 50.1 Å². The van der Waals surface area contributed by atoms with Crippen LogP contribution in [0.25, 0.3) is 10.8 Å². The Kier molecular flexibility index (Phi) is 4.70. The summed E-state index contributed by atoms with van der Waals surface area (Å²) in [5.74, 6) is 2.09. The second-order valence-corrected chi connectivity index (χ2v) is 6.13. The molecule has 2 aromatic rings. The molecule has 0 bridgehead atoms. The van der Waals surface area contributed by atoms with Crippen LogP contribution in [0.3, 0.4) is 0 Å². The molecule has 0 radical (unpaired) electrons. The van der Waals surface area contributed by atoms with Gasteiger partial charge in [-0.2, -0.15) is 0 Å². The monoisotopic (exact) mass is 290 g/mol. The molecule has 0 saturated carbocycles. The molecule has 0 fully saturated rings. The molecule has 0 aromatic carbocycles. The van der Waals surface area contributed by atoms with E-state index in [0.29, 0.717) is 5.92 Å². The first-order valence-electron chi connectivity index (χ1n) is 7.07. The highest BCUT2D eigenvalue weighted by atomic mass is 32.1. The van der Waals surface area contributed by atoms with E-state index < -0.39 is 0 Å². The maximum absolute atomic E-state index is 4.70. The first-order chi connectivity index (χ1) is 9.52. The molecule has 2 rings (SSSR count). The highest BCUT2D eigenvalue weighted by Crippen LogP contribution is 2.29. The third-order valence-corrected chi connectivity index (χ3v) is 4.02. The van der Waals surface area contributed by atoms with Gasteiger partial charge in [-0.25, -0.2) is 15.0 Å². The van der Waals surface area contributed by atoms with Crippen molar-refractivity contribution in [1.29, 1.82) is 0 Å². The Morgan fingerprint density at radius 3 is 2.50 bits per heavy atom. The zero-order valence-corrected chi connectivity index (χ0v) is 13.6. The van der Waals surface area contributed by atoms with Crippen LogP contribution in [-0.4, -0.2) is 21.5 Å². The van der Waals surface area contributed by atoms with Crippen LogP contribution in [0, 0.1) is 13.8 Å². The summed E-state index contributed by atoms with van der Waals surface area (Å²) >= 11 is 1.59. The number of anilines is 1. The molecule has 0 spiro atoms. The van der Waals surface area contributed by atoms with Gasteiger partial charge in [0.2, 0.25) is 0 Å². The van der Waals surface area contributed by atoms with Crippen molar-refractivity contribution in [1.82, 2.24) is 15.0 Å². The average molecular weight is 290 g/mol. The van der Waals surface area contributed by atoms with E-state index >= 15 is 0 Å². The maximum atomic E-state index is 4.70. The second-order valence-electron chi connectivity index (χ2n) is 5.27. The van der Waals surface area contributed by atoms with Crippen LogP contribution in [0.5, 0.6) is 0 Å². The summed E-state index contributed by atoms with van der Waals surface area (Å²) in [5.41, 5.74) is 3.26. The molecule has 0 saturated heterocycles. The number of nitrogens with zero attached hydrogens (tertiary/aromatic N) is 3. The van der Waals surface area contributed by atoms with Gasteiger partial charge in [0.15, 0.2) is 10.8 Å². The summed E-state index contributed by atoms with van der Waals surface area (Å²) in [7, 11) is 0.